The lowest BCUT2D eigenvalue weighted by molar-refractivity contribution is 0.560. The second-order valence-corrected chi connectivity index (χ2v) is 5.07. The molecule has 104 valence electrons. The van der Waals surface area contributed by atoms with Gasteiger partial charge in [-0.1, -0.05) is 36.4 Å². The minimum atomic E-state index is -0.315. The molecule has 0 aliphatic rings. The predicted molar refractivity (Wildman–Crippen MR) is 85.6 cm³/mol. The van der Waals surface area contributed by atoms with Gasteiger partial charge in [-0.2, -0.15) is 0 Å². The van der Waals surface area contributed by atoms with E-state index in [0.717, 1.165) is 18.2 Å². The Morgan fingerprint density at radius 2 is 1.81 bits per heavy atom. The molecular formula is C19H16O2. The van der Waals surface area contributed by atoms with E-state index < -0.39 is 0 Å². The molecule has 0 fully saturated rings. The standard InChI is InChI=1S/C19H16O2/c1-2-6-15-12-16-9-10-19(20)21-18(16)13-17(15)11-14-7-4-3-5-8-14/h2-5,7-10,12-13H,1,6,11H2. The highest BCUT2D eigenvalue weighted by Gasteiger charge is 2.07. The zero-order valence-corrected chi connectivity index (χ0v) is 11.7. The smallest absolute Gasteiger partial charge is 0.336 e. The SMILES string of the molecule is C=CCc1cc2ccc(=O)oc2cc1Cc1ccccc1. The summed E-state index contributed by atoms with van der Waals surface area (Å²) in [5, 5.41) is 0.947. The molecule has 3 aromatic rings. The molecule has 0 aliphatic carbocycles. The van der Waals surface area contributed by atoms with Gasteiger partial charge in [0, 0.05) is 11.5 Å². The molecular weight excluding hydrogens is 260 g/mol. The maximum Gasteiger partial charge on any atom is 0.336 e. The molecule has 21 heavy (non-hydrogen) atoms. The van der Waals surface area contributed by atoms with Gasteiger partial charge in [0.2, 0.25) is 0 Å². The number of rotatable bonds is 4. The molecule has 3 rings (SSSR count). The highest BCUT2D eigenvalue weighted by molar-refractivity contribution is 5.78. The van der Waals surface area contributed by atoms with Crippen molar-refractivity contribution in [3.63, 3.8) is 0 Å². The second kappa shape index (κ2) is 5.80. The molecule has 0 N–H and O–H groups in total. The van der Waals surface area contributed by atoms with Crippen molar-refractivity contribution in [2.24, 2.45) is 0 Å². The number of fused-ring (bicyclic) bond motifs is 1. The van der Waals surface area contributed by atoms with E-state index in [1.807, 2.05) is 30.3 Å². The molecule has 0 atom stereocenters. The van der Waals surface area contributed by atoms with Gasteiger partial charge in [0.05, 0.1) is 0 Å². The summed E-state index contributed by atoms with van der Waals surface area (Å²) in [6, 6.07) is 17.6. The Kier molecular flexibility index (Phi) is 3.69. The number of hydrogen-bond acceptors (Lipinski definition) is 2. The largest absolute Gasteiger partial charge is 0.423 e. The number of hydrogen-bond donors (Lipinski definition) is 0. The summed E-state index contributed by atoms with van der Waals surface area (Å²) >= 11 is 0. The Labute approximate surface area is 123 Å². The highest BCUT2D eigenvalue weighted by atomic mass is 16.4. The quantitative estimate of drug-likeness (QED) is 0.530. The van der Waals surface area contributed by atoms with Crippen LogP contribution in [-0.2, 0) is 12.8 Å². The first-order chi connectivity index (χ1) is 10.3. The lowest BCUT2D eigenvalue weighted by Crippen LogP contribution is -1.99. The third kappa shape index (κ3) is 2.95. The van der Waals surface area contributed by atoms with E-state index in [1.54, 1.807) is 6.07 Å². The minimum absolute atomic E-state index is 0.315. The van der Waals surface area contributed by atoms with Crippen molar-refractivity contribution >= 4 is 11.0 Å². The second-order valence-electron chi connectivity index (χ2n) is 5.07. The molecule has 2 nitrogen and oxygen atoms in total. The van der Waals surface area contributed by atoms with Crippen LogP contribution in [0.15, 0.2) is 76.5 Å². The first kappa shape index (κ1) is 13.4. The van der Waals surface area contributed by atoms with Crippen LogP contribution in [0, 0.1) is 0 Å². The van der Waals surface area contributed by atoms with Crippen LogP contribution < -0.4 is 5.63 Å². The van der Waals surface area contributed by atoms with Gasteiger partial charge in [-0.3, -0.25) is 0 Å². The molecule has 2 aromatic carbocycles. The van der Waals surface area contributed by atoms with Gasteiger partial charge in [-0.25, -0.2) is 4.79 Å². The maximum atomic E-state index is 11.4. The monoisotopic (exact) mass is 276 g/mol. The van der Waals surface area contributed by atoms with Crippen LogP contribution in [-0.4, -0.2) is 0 Å². The molecule has 0 bridgehead atoms. The fraction of sp³-hybridized carbons (Fsp3) is 0.105. The predicted octanol–water partition coefficient (Wildman–Crippen LogP) is 4.11. The van der Waals surface area contributed by atoms with Gasteiger partial charge in [-0.15, -0.1) is 6.58 Å². The van der Waals surface area contributed by atoms with E-state index >= 15 is 0 Å². The van der Waals surface area contributed by atoms with Crippen molar-refractivity contribution in [1.82, 2.24) is 0 Å². The average molecular weight is 276 g/mol. The van der Waals surface area contributed by atoms with Crippen molar-refractivity contribution in [3.8, 4) is 0 Å². The Balaban J connectivity index is 2.11. The molecule has 0 saturated heterocycles. The Hall–Kier alpha value is -2.61. The van der Waals surface area contributed by atoms with Gasteiger partial charge in [0.1, 0.15) is 5.58 Å². The van der Waals surface area contributed by atoms with E-state index in [9.17, 15) is 4.79 Å². The third-order valence-corrected chi connectivity index (χ3v) is 3.54. The molecule has 0 aliphatic heterocycles. The Morgan fingerprint density at radius 3 is 2.57 bits per heavy atom. The van der Waals surface area contributed by atoms with Gasteiger partial charge in [-0.05, 0) is 47.7 Å². The average Bonchev–Trinajstić information content (AvgIpc) is 2.49. The fourth-order valence-corrected chi connectivity index (χ4v) is 2.53. The molecule has 2 heteroatoms. The lowest BCUT2D eigenvalue weighted by atomic mass is 9.96. The molecule has 0 radical (unpaired) electrons. The zero-order chi connectivity index (χ0) is 14.7. The topological polar surface area (TPSA) is 30.2 Å². The summed E-state index contributed by atoms with van der Waals surface area (Å²) < 4.78 is 5.29. The van der Waals surface area contributed by atoms with Crippen molar-refractivity contribution in [3.05, 3.63) is 94.4 Å². The van der Waals surface area contributed by atoms with E-state index in [1.165, 1.54) is 22.8 Å². The summed E-state index contributed by atoms with van der Waals surface area (Å²) in [6.07, 6.45) is 3.52. The fourth-order valence-electron chi connectivity index (χ4n) is 2.53. The Morgan fingerprint density at radius 1 is 1.00 bits per heavy atom. The van der Waals surface area contributed by atoms with Crippen LogP contribution in [0.4, 0.5) is 0 Å². The van der Waals surface area contributed by atoms with Crippen LogP contribution >= 0.6 is 0 Å². The first-order valence-corrected chi connectivity index (χ1v) is 6.97. The van der Waals surface area contributed by atoms with Crippen LogP contribution in [0.1, 0.15) is 16.7 Å². The van der Waals surface area contributed by atoms with E-state index in [-0.39, 0.29) is 5.63 Å². The molecule has 0 saturated carbocycles. The molecule has 0 unspecified atom stereocenters. The van der Waals surface area contributed by atoms with Gasteiger partial charge < -0.3 is 4.42 Å². The summed E-state index contributed by atoms with van der Waals surface area (Å²) in [5.41, 5.74) is 3.95. The molecule has 0 spiro atoms. The zero-order valence-electron chi connectivity index (χ0n) is 11.7. The third-order valence-electron chi connectivity index (χ3n) is 3.54. The molecule has 1 heterocycles. The number of allylic oxidation sites excluding steroid dienone is 1. The van der Waals surface area contributed by atoms with Crippen LogP contribution in [0.25, 0.3) is 11.0 Å². The van der Waals surface area contributed by atoms with E-state index in [4.69, 9.17) is 4.42 Å². The summed E-state index contributed by atoms with van der Waals surface area (Å²) in [7, 11) is 0. The summed E-state index contributed by atoms with van der Waals surface area (Å²) in [5.74, 6) is 0. The van der Waals surface area contributed by atoms with Crippen molar-refractivity contribution in [1.29, 1.82) is 0 Å². The van der Waals surface area contributed by atoms with Crippen molar-refractivity contribution in [2.75, 3.05) is 0 Å². The van der Waals surface area contributed by atoms with Crippen molar-refractivity contribution in [2.45, 2.75) is 12.8 Å². The first-order valence-electron chi connectivity index (χ1n) is 6.97. The normalized spacial score (nSPS) is 10.7. The minimum Gasteiger partial charge on any atom is -0.423 e. The number of benzene rings is 2. The lowest BCUT2D eigenvalue weighted by Gasteiger charge is -2.10. The molecule has 1 aromatic heterocycles. The van der Waals surface area contributed by atoms with Gasteiger partial charge in [0.15, 0.2) is 0 Å². The van der Waals surface area contributed by atoms with Crippen LogP contribution in [0.5, 0.6) is 0 Å². The van der Waals surface area contributed by atoms with E-state index in [2.05, 4.69) is 24.8 Å². The Bertz CT molecular complexity index is 829. The van der Waals surface area contributed by atoms with Gasteiger partial charge in [0.25, 0.3) is 0 Å². The van der Waals surface area contributed by atoms with Crippen LogP contribution in [0.2, 0.25) is 0 Å². The molecule has 0 amide bonds. The van der Waals surface area contributed by atoms with Crippen molar-refractivity contribution < 1.29 is 4.42 Å². The highest BCUT2D eigenvalue weighted by Crippen LogP contribution is 2.22. The van der Waals surface area contributed by atoms with Gasteiger partial charge >= 0.3 is 5.63 Å². The van der Waals surface area contributed by atoms with Crippen LogP contribution in [0.3, 0.4) is 0 Å². The maximum absolute atomic E-state index is 11.4. The summed E-state index contributed by atoms with van der Waals surface area (Å²) in [4.78, 5) is 11.4. The summed E-state index contributed by atoms with van der Waals surface area (Å²) in [6.45, 7) is 3.82. The van der Waals surface area contributed by atoms with E-state index in [0.29, 0.717) is 5.58 Å².